The predicted octanol–water partition coefficient (Wildman–Crippen LogP) is 3.54. The summed E-state index contributed by atoms with van der Waals surface area (Å²) >= 11 is 0. The number of hydrogen-bond acceptors (Lipinski definition) is 6. The van der Waals surface area contributed by atoms with Crippen LogP contribution in [-0.4, -0.2) is 62.5 Å². The van der Waals surface area contributed by atoms with Crippen molar-refractivity contribution in [3.63, 3.8) is 0 Å². The van der Waals surface area contributed by atoms with Crippen LogP contribution < -0.4 is 5.32 Å². The molecule has 0 aromatic heterocycles. The van der Waals surface area contributed by atoms with Crippen molar-refractivity contribution in [3.8, 4) is 11.1 Å². The van der Waals surface area contributed by atoms with E-state index < -0.39 is 18.1 Å². The van der Waals surface area contributed by atoms with Crippen molar-refractivity contribution in [2.45, 2.75) is 37.5 Å². The predicted molar refractivity (Wildman–Crippen MR) is 120 cm³/mol. The highest BCUT2D eigenvalue weighted by Crippen LogP contribution is 2.44. The van der Waals surface area contributed by atoms with Crippen molar-refractivity contribution in [2.75, 3.05) is 33.0 Å². The van der Waals surface area contributed by atoms with E-state index in [0.29, 0.717) is 13.2 Å². The molecule has 1 amide bonds. The molecule has 2 N–H and O–H groups in total. The third-order valence-corrected chi connectivity index (χ3v) is 5.89. The zero-order valence-electron chi connectivity index (χ0n) is 18.4. The molecular weight excluding hydrogens is 426 g/mol. The number of carboxylic acid groups (broad SMARTS) is 1. The van der Waals surface area contributed by atoms with Gasteiger partial charge in [-0.25, -0.2) is 9.59 Å². The van der Waals surface area contributed by atoms with Crippen LogP contribution in [0.4, 0.5) is 4.79 Å². The van der Waals surface area contributed by atoms with Crippen molar-refractivity contribution < 1.29 is 33.6 Å². The van der Waals surface area contributed by atoms with Crippen LogP contribution in [0.1, 0.15) is 36.3 Å². The van der Waals surface area contributed by atoms with Crippen molar-refractivity contribution in [3.05, 3.63) is 59.7 Å². The lowest BCUT2D eigenvalue weighted by molar-refractivity contribution is -0.169. The highest BCUT2D eigenvalue weighted by atomic mass is 16.7. The first kappa shape index (κ1) is 23.2. The summed E-state index contributed by atoms with van der Waals surface area (Å²) in [5, 5.41) is 11.8. The molecule has 176 valence electrons. The Balaban J connectivity index is 1.23. The third-order valence-electron chi connectivity index (χ3n) is 5.89. The number of carboxylic acids is 1. The van der Waals surface area contributed by atoms with Gasteiger partial charge in [0, 0.05) is 12.5 Å². The Labute approximate surface area is 192 Å². The van der Waals surface area contributed by atoms with Gasteiger partial charge in [0.25, 0.3) is 0 Å². The molecule has 1 aliphatic carbocycles. The highest BCUT2D eigenvalue weighted by molar-refractivity contribution is 5.81. The van der Waals surface area contributed by atoms with E-state index in [-0.39, 0.29) is 32.0 Å². The summed E-state index contributed by atoms with van der Waals surface area (Å²) in [7, 11) is 0. The van der Waals surface area contributed by atoms with Crippen LogP contribution in [0, 0.1) is 0 Å². The second-order valence-electron chi connectivity index (χ2n) is 8.10. The lowest BCUT2D eigenvalue weighted by Gasteiger charge is -2.22. The highest BCUT2D eigenvalue weighted by Gasteiger charge is 2.29. The molecule has 8 nitrogen and oxygen atoms in total. The van der Waals surface area contributed by atoms with Gasteiger partial charge in [-0.15, -0.1) is 0 Å². The molecule has 33 heavy (non-hydrogen) atoms. The minimum absolute atomic E-state index is 0.0955. The van der Waals surface area contributed by atoms with Crippen molar-refractivity contribution in [1.29, 1.82) is 0 Å². The van der Waals surface area contributed by atoms with Gasteiger partial charge in [-0.2, -0.15) is 0 Å². The van der Waals surface area contributed by atoms with Gasteiger partial charge in [-0.05, 0) is 41.5 Å². The molecular formula is C25H29NO7. The fourth-order valence-corrected chi connectivity index (χ4v) is 4.24. The van der Waals surface area contributed by atoms with Crippen LogP contribution in [-0.2, 0) is 23.7 Å². The zero-order chi connectivity index (χ0) is 23.0. The molecule has 0 spiro atoms. The van der Waals surface area contributed by atoms with E-state index >= 15 is 0 Å². The number of fused-ring (bicyclic) bond motifs is 3. The monoisotopic (exact) mass is 455 g/mol. The average Bonchev–Trinajstić information content (AvgIpc) is 3.16. The molecule has 2 unspecified atom stereocenters. The molecule has 2 aromatic carbocycles. The molecule has 1 fully saturated rings. The van der Waals surface area contributed by atoms with Gasteiger partial charge in [0.15, 0.2) is 12.3 Å². The molecule has 1 saturated heterocycles. The van der Waals surface area contributed by atoms with Gasteiger partial charge in [-0.3, -0.25) is 0 Å². The van der Waals surface area contributed by atoms with E-state index in [1.165, 1.54) is 0 Å². The average molecular weight is 456 g/mol. The molecule has 0 saturated carbocycles. The lowest BCUT2D eigenvalue weighted by Crippen LogP contribution is -2.44. The summed E-state index contributed by atoms with van der Waals surface area (Å²) in [5.41, 5.74) is 4.43. The fourth-order valence-electron chi connectivity index (χ4n) is 4.24. The third kappa shape index (κ3) is 5.90. The van der Waals surface area contributed by atoms with E-state index in [1.54, 1.807) is 0 Å². The van der Waals surface area contributed by atoms with Crippen LogP contribution in [0.25, 0.3) is 11.1 Å². The SMILES string of the molecule is O=C(NC(COCCOC1CCCCO1)C(=O)O)OCC1c2ccccc2-c2ccccc21. The molecule has 2 aliphatic rings. The van der Waals surface area contributed by atoms with Crippen LogP contribution >= 0.6 is 0 Å². The largest absolute Gasteiger partial charge is 0.480 e. The second-order valence-corrected chi connectivity index (χ2v) is 8.10. The second kappa shape index (κ2) is 11.3. The summed E-state index contributed by atoms with van der Waals surface area (Å²) < 4.78 is 21.8. The van der Waals surface area contributed by atoms with E-state index in [0.717, 1.165) is 41.5 Å². The number of carbonyl (C=O) groups excluding carboxylic acids is 1. The molecule has 8 heteroatoms. The number of rotatable bonds is 10. The molecule has 0 radical (unpaired) electrons. The van der Waals surface area contributed by atoms with Gasteiger partial charge in [0.1, 0.15) is 6.61 Å². The molecule has 1 heterocycles. The quantitative estimate of drug-likeness (QED) is 0.528. The Hall–Kier alpha value is -2.94. The normalized spacial score (nSPS) is 18.2. The van der Waals surface area contributed by atoms with E-state index in [4.69, 9.17) is 18.9 Å². The number of alkyl carbamates (subject to hydrolysis) is 1. The fraction of sp³-hybridized carbons (Fsp3) is 0.440. The minimum Gasteiger partial charge on any atom is -0.480 e. The molecule has 2 atom stereocenters. The topological polar surface area (TPSA) is 103 Å². The van der Waals surface area contributed by atoms with Gasteiger partial charge < -0.3 is 29.4 Å². The first-order valence-corrected chi connectivity index (χ1v) is 11.3. The molecule has 1 aliphatic heterocycles. The minimum atomic E-state index is -1.22. The number of hydrogen-bond donors (Lipinski definition) is 2. The van der Waals surface area contributed by atoms with Crippen LogP contribution in [0.3, 0.4) is 0 Å². The number of amides is 1. The number of benzene rings is 2. The molecule has 2 aromatic rings. The Kier molecular flexibility index (Phi) is 7.93. The Morgan fingerprint density at radius 1 is 1.03 bits per heavy atom. The first-order valence-electron chi connectivity index (χ1n) is 11.3. The standard InChI is InChI=1S/C25H29NO7/c27-24(28)22(16-30-13-14-32-23-11-5-6-12-31-23)26-25(29)33-15-21-19-9-3-1-7-17(19)18-8-2-4-10-20(18)21/h1-4,7-10,21-23H,5-6,11-16H2,(H,26,29)(H,27,28). The smallest absolute Gasteiger partial charge is 0.407 e. The van der Waals surface area contributed by atoms with Crippen molar-refractivity contribution in [1.82, 2.24) is 5.32 Å². The summed E-state index contributed by atoms with van der Waals surface area (Å²) in [6, 6.07) is 14.8. The van der Waals surface area contributed by atoms with E-state index in [1.807, 2.05) is 36.4 Å². The number of aliphatic carboxylic acids is 1. The maximum absolute atomic E-state index is 12.3. The maximum atomic E-state index is 12.3. The summed E-state index contributed by atoms with van der Waals surface area (Å²) in [5.74, 6) is -1.29. The van der Waals surface area contributed by atoms with Crippen LogP contribution in [0.5, 0.6) is 0 Å². The summed E-state index contributed by atoms with van der Waals surface area (Å²) in [4.78, 5) is 23.9. The van der Waals surface area contributed by atoms with Gasteiger partial charge in [0.05, 0.1) is 19.8 Å². The van der Waals surface area contributed by atoms with Crippen LogP contribution in [0.15, 0.2) is 48.5 Å². The Morgan fingerprint density at radius 2 is 1.73 bits per heavy atom. The Bertz CT molecular complexity index is 912. The van der Waals surface area contributed by atoms with E-state index in [2.05, 4.69) is 17.4 Å². The first-order chi connectivity index (χ1) is 16.1. The zero-order valence-corrected chi connectivity index (χ0v) is 18.4. The van der Waals surface area contributed by atoms with Gasteiger partial charge >= 0.3 is 12.1 Å². The molecule has 4 rings (SSSR count). The number of carbonyl (C=O) groups is 2. The van der Waals surface area contributed by atoms with Crippen molar-refractivity contribution in [2.24, 2.45) is 0 Å². The number of ether oxygens (including phenoxy) is 4. The van der Waals surface area contributed by atoms with Gasteiger partial charge in [0.2, 0.25) is 0 Å². The maximum Gasteiger partial charge on any atom is 0.407 e. The van der Waals surface area contributed by atoms with Crippen molar-refractivity contribution >= 4 is 12.1 Å². The number of nitrogens with one attached hydrogen (secondary N) is 1. The Morgan fingerprint density at radius 3 is 2.36 bits per heavy atom. The van der Waals surface area contributed by atoms with Gasteiger partial charge in [-0.1, -0.05) is 48.5 Å². The molecule has 0 bridgehead atoms. The van der Waals surface area contributed by atoms with E-state index in [9.17, 15) is 14.7 Å². The summed E-state index contributed by atoms with van der Waals surface area (Å²) in [6.07, 6.45) is 1.94. The summed E-state index contributed by atoms with van der Waals surface area (Å²) in [6.45, 7) is 1.12. The lowest BCUT2D eigenvalue weighted by atomic mass is 9.98. The van der Waals surface area contributed by atoms with Crippen LogP contribution in [0.2, 0.25) is 0 Å².